The first-order valence-corrected chi connectivity index (χ1v) is 7.15. The second kappa shape index (κ2) is 4.58. The van der Waals surface area contributed by atoms with Gasteiger partial charge in [0.25, 0.3) is 0 Å². The predicted molar refractivity (Wildman–Crippen MR) is 79.7 cm³/mol. The molecule has 0 atom stereocenters. The van der Waals surface area contributed by atoms with Crippen LogP contribution in [-0.2, 0) is 15.0 Å². The van der Waals surface area contributed by atoms with Gasteiger partial charge in [-0.3, -0.25) is 9.59 Å². The molecule has 1 aromatic rings. The number of rotatable bonds is 1. The number of carbonyl (C=O) groups excluding carboxylic acids is 2. The Morgan fingerprint density at radius 1 is 1.20 bits per heavy atom. The third-order valence-electron chi connectivity index (χ3n) is 4.63. The lowest BCUT2D eigenvalue weighted by molar-refractivity contribution is -0.127. The number of likely N-dealkylation sites (N-methyl/N-ethyl adjacent to an activating group) is 1. The Kier molecular flexibility index (Phi) is 3.00. The molecule has 20 heavy (non-hydrogen) atoms. The summed E-state index contributed by atoms with van der Waals surface area (Å²) < 4.78 is 0. The monoisotopic (exact) mass is 269 g/mol. The molecule has 1 saturated carbocycles. The maximum atomic E-state index is 12.7. The Bertz CT molecular complexity index is 605. The van der Waals surface area contributed by atoms with Crippen LogP contribution in [0, 0.1) is 0 Å². The Labute approximate surface area is 119 Å². The van der Waals surface area contributed by atoms with E-state index in [1.807, 2.05) is 38.3 Å². The van der Waals surface area contributed by atoms with E-state index in [4.69, 9.17) is 0 Å². The average molecular weight is 269 g/mol. The van der Waals surface area contributed by atoms with Crippen LogP contribution in [0.5, 0.6) is 0 Å². The molecule has 3 heteroatoms. The number of ketones is 1. The topological polar surface area (TPSA) is 37.4 Å². The maximum Gasteiger partial charge on any atom is 0.237 e. The maximum absolute atomic E-state index is 12.7. The van der Waals surface area contributed by atoms with Gasteiger partial charge in [0.1, 0.15) is 5.78 Å². The van der Waals surface area contributed by atoms with Crippen molar-refractivity contribution in [2.45, 2.75) is 38.0 Å². The van der Waals surface area contributed by atoms with Gasteiger partial charge in [-0.15, -0.1) is 0 Å². The summed E-state index contributed by atoms with van der Waals surface area (Å²) in [6, 6.07) is 6.18. The molecule has 1 aromatic carbocycles. The van der Waals surface area contributed by atoms with Gasteiger partial charge in [-0.25, -0.2) is 0 Å². The molecule has 1 fully saturated rings. The third kappa shape index (κ3) is 1.73. The summed E-state index contributed by atoms with van der Waals surface area (Å²) in [4.78, 5) is 26.0. The van der Waals surface area contributed by atoms with Crippen molar-refractivity contribution >= 4 is 23.5 Å². The van der Waals surface area contributed by atoms with Gasteiger partial charge in [-0.1, -0.05) is 18.2 Å². The summed E-state index contributed by atoms with van der Waals surface area (Å²) in [6.07, 6.45) is 6.40. The van der Waals surface area contributed by atoms with Crippen molar-refractivity contribution in [2.24, 2.45) is 0 Å². The normalized spacial score (nSPS) is 21.0. The van der Waals surface area contributed by atoms with Crippen LogP contribution in [-0.4, -0.2) is 18.7 Å². The highest BCUT2D eigenvalue weighted by atomic mass is 16.2. The van der Waals surface area contributed by atoms with E-state index >= 15 is 0 Å². The minimum absolute atomic E-state index is 0.151. The van der Waals surface area contributed by atoms with E-state index in [0.717, 1.165) is 16.8 Å². The van der Waals surface area contributed by atoms with E-state index in [9.17, 15) is 9.59 Å². The van der Waals surface area contributed by atoms with Crippen LogP contribution in [0.1, 0.15) is 43.7 Å². The van der Waals surface area contributed by atoms with Crippen molar-refractivity contribution in [2.75, 3.05) is 11.9 Å². The van der Waals surface area contributed by atoms with E-state index in [-0.39, 0.29) is 11.7 Å². The lowest BCUT2D eigenvalue weighted by Crippen LogP contribution is -2.41. The van der Waals surface area contributed by atoms with Crippen molar-refractivity contribution in [3.05, 3.63) is 35.4 Å². The van der Waals surface area contributed by atoms with E-state index < -0.39 is 5.41 Å². The van der Waals surface area contributed by atoms with Gasteiger partial charge >= 0.3 is 0 Å². The zero-order chi connectivity index (χ0) is 14.3. The molecule has 0 saturated heterocycles. The van der Waals surface area contributed by atoms with Gasteiger partial charge in [0.15, 0.2) is 0 Å². The molecule has 2 aliphatic rings. The number of anilines is 1. The molecular formula is C17H19NO2. The van der Waals surface area contributed by atoms with Gasteiger partial charge in [-0.2, -0.15) is 0 Å². The molecule has 0 aromatic heterocycles. The Hall–Kier alpha value is -1.90. The molecule has 104 valence electrons. The summed E-state index contributed by atoms with van der Waals surface area (Å²) in [7, 11) is 1.83. The first-order valence-electron chi connectivity index (χ1n) is 7.15. The number of hydrogen-bond donors (Lipinski definition) is 0. The highest BCUT2D eigenvalue weighted by molar-refractivity contribution is 6.08. The molecule has 1 spiro atoms. The zero-order valence-corrected chi connectivity index (χ0v) is 12.0. The lowest BCUT2D eigenvalue weighted by Gasteiger charge is -2.31. The number of Topliss-reactive ketones (excluding diaryl/α,β-unsaturated/α-hetero) is 1. The zero-order valence-electron chi connectivity index (χ0n) is 12.0. The van der Waals surface area contributed by atoms with Gasteiger partial charge < -0.3 is 4.90 Å². The number of benzene rings is 1. The van der Waals surface area contributed by atoms with Crippen LogP contribution in [0.3, 0.4) is 0 Å². The molecule has 1 heterocycles. The van der Waals surface area contributed by atoms with E-state index in [1.54, 1.807) is 4.90 Å². The number of amides is 1. The molecular weight excluding hydrogens is 250 g/mol. The van der Waals surface area contributed by atoms with Crippen molar-refractivity contribution in [1.29, 1.82) is 0 Å². The Morgan fingerprint density at radius 3 is 2.55 bits per heavy atom. The van der Waals surface area contributed by atoms with Crippen molar-refractivity contribution in [3.63, 3.8) is 0 Å². The molecule has 0 unspecified atom stereocenters. The molecule has 3 nitrogen and oxygen atoms in total. The highest BCUT2D eigenvalue weighted by Gasteiger charge is 2.50. The quantitative estimate of drug-likeness (QED) is 0.785. The summed E-state index contributed by atoms with van der Waals surface area (Å²) in [6.45, 7) is 1.99. The molecule has 1 aliphatic carbocycles. The fourth-order valence-electron chi connectivity index (χ4n) is 3.51. The van der Waals surface area contributed by atoms with Gasteiger partial charge in [0.2, 0.25) is 5.91 Å². The first-order chi connectivity index (χ1) is 9.58. The van der Waals surface area contributed by atoms with Gasteiger partial charge in [0, 0.05) is 25.6 Å². The van der Waals surface area contributed by atoms with Crippen molar-refractivity contribution < 1.29 is 9.59 Å². The molecule has 1 aliphatic heterocycles. The third-order valence-corrected chi connectivity index (χ3v) is 4.63. The fourth-order valence-corrected chi connectivity index (χ4v) is 3.51. The molecule has 0 N–H and O–H groups in total. The number of carbonyl (C=O) groups is 2. The SMILES string of the molecule is C/C=C/c1ccc2c(c1)C1(CCC(=O)CC1)C(=O)N2C. The highest BCUT2D eigenvalue weighted by Crippen LogP contribution is 2.49. The summed E-state index contributed by atoms with van der Waals surface area (Å²) >= 11 is 0. The second-order valence-corrected chi connectivity index (χ2v) is 5.76. The van der Waals surface area contributed by atoms with Gasteiger partial charge in [-0.05, 0) is 43.0 Å². The average Bonchev–Trinajstić information content (AvgIpc) is 2.65. The smallest absolute Gasteiger partial charge is 0.237 e. The van der Waals surface area contributed by atoms with Crippen LogP contribution in [0.4, 0.5) is 5.69 Å². The Morgan fingerprint density at radius 2 is 1.90 bits per heavy atom. The number of nitrogens with zero attached hydrogens (tertiary/aromatic N) is 1. The first kappa shape index (κ1) is 13.1. The molecule has 0 bridgehead atoms. The van der Waals surface area contributed by atoms with Crippen LogP contribution in [0.2, 0.25) is 0 Å². The molecule has 3 rings (SSSR count). The minimum Gasteiger partial charge on any atom is -0.314 e. The van der Waals surface area contributed by atoms with E-state index in [1.165, 1.54) is 0 Å². The van der Waals surface area contributed by atoms with Crippen LogP contribution in [0.15, 0.2) is 24.3 Å². The van der Waals surface area contributed by atoms with E-state index in [0.29, 0.717) is 25.7 Å². The summed E-state index contributed by atoms with van der Waals surface area (Å²) in [5, 5.41) is 0. The number of allylic oxidation sites excluding steroid dienone is 1. The molecule has 1 amide bonds. The van der Waals surface area contributed by atoms with Crippen LogP contribution in [0.25, 0.3) is 6.08 Å². The summed E-state index contributed by atoms with van der Waals surface area (Å²) in [5.74, 6) is 0.432. The minimum atomic E-state index is -0.463. The van der Waals surface area contributed by atoms with Crippen LogP contribution >= 0.6 is 0 Å². The van der Waals surface area contributed by atoms with E-state index in [2.05, 4.69) is 6.07 Å². The number of hydrogen-bond acceptors (Lipinski definition) is 2. The fraction of sp³-hybridized carbons (Fsp3) is 0.412. The number of fused-ring (bicyclic) bond motifs is 2. The second-order valence-electron chi connectivity index (χ2n) is 5.76. The van der Waals surface area contributed by atoms with Crippen LogP contribution < -0.4 is 4.90 Å². The molecule has 0 radical (unpaired) electrons. The lowest BCUT2D eigenvalue weighted by atomic mass is 9.69. The predicted octanol–water partition coefficient (Wildman–Crippen LogP) is 3.08. The Balaban J connectivity index is 2.12. The largest absolute Gasteiger partial charge is 0.314 e. The standard InChI is InChI=1S/C17H19NO2/c1-3-4-12-5-6-15-14(11-12)17(16(20)18(15)2)9-7-13(19)8-10-17/h3-6,11H,7-10H2,1-2H3/b4-3+. The van der Waals surface area contributed by atoms with Crippen molar-refractivity contribution in [1.82, 2.24) is 0 Å². The van der Waals surface area contributed by atoms with Crippen molar-refractivity contribution in [3.8, 4) is 0 Å². The summed E-state index contributed by atoms with van der Waals surface area (Å²) in [5.41, 5.74) is 2.76. The van der Waals surface area contributed by atoms with Gasteiger partial charge in [0.05, 0.1) is 5.41 Å².